The molecule has 1 aliphatic heterocycles. The SMILES string of the molecule is NNOC(=O)CCN1CCCCCC1CO. The van der Waals surface area contributed by atoms with Crippen LogP contribution in [0.2, 0.25) is 0 Å². The second-order valence-corrected chi connectivity index (χ2v) is 4.06. The van der Waals surface area contributed by atoms with Gasteiger partial charge in [0.25, 0.3) is 0 Å². The number of carbonyl (C=O) groups excluding carboxylic acids is 1. The summed E-state index contributed by atoms with van der Waals surface area (Å²) < 4.78 is 0. The van der Waals surface area contributed by atoms with Gasteiger partial charge in [0.2, 0.25) is 0 Å². The lowest BCUT2D eigenvalue weighted by Gasteiger charge is -2.27. The Morgan fingerprint density at radius 2 is 2.31 bits per heavy atom. The molecule has 1 aliphatic rings. The molecule has 6 heteroatoms. The van der Waals surface area contributed by atoms with Crippen LogP contribution in [0.5, 0.6) is 0 Å². The zero-order valence-electron chi connectivity index (χ0n) is 9.52. The maximum absolute atomic E-state index is 11.1. The van der Waals surface area contributed by atoms with E-state index in [1.54, 1.807) is 0 Å². The molecule has 0 aliphatic carbocycles. The molecular formula is C10H21N3O3. The summed E-state index contributed by atoms with van der Waals surface area (Å²) in [6, 6.07) is 0.182. The highest BCUT2D eigenvalue weighted by Crippen LogP contribution is 2.16. The number of aliphatic hydroxyl groups is 1. The second kappa shape index (κ2) is 7.56. The number of nitrogens with one attached hydrogen (secondary N) is 1. The number of nitrogens with zero attached hydrogens (tertiary/aromatic N) is 1. The largest absolute Gasteiger partial charge is 0.395 e. The zero-order valence-corrected chi connectivity index (χ0v) is 9.52. The molecule has 1 unspecified atom stereocenters. The van der Waals surface area contributed by atoms with Crippen molar-refractivity contribution in [1.29, 1.82) is 0 Å². The number of rotatable bonds is 5. The van der Waals surface area contributed by atoms with E-state index < -0.39 is 0 Å². The predicted molar refractivity (Wildman–Crippen MR) is 58.9 cm³/mol. The first-order valence-corrected chi connectivity index (χ1v) is 5.78. The molecule has 0 amide bonds. The lowest BCUT2D eigenvalue weighted by Crippen LogP contribution is -2.39. The minimum absolute atomic E-state index is 0.157. The average molecular weight is 231 g/mol. The van der Waals surface area contributed by atoms with Gasteiger partial charge in [0, 0.05) is 12.6 Å². The number of likely N-dealkylation sites (tertiary alicyclic amines) is 1. The molecule has 0 aromatic carbocycles. The van der Waals surface area contributed by atoms with Crippen LogP contribution in [0, 0.1) is 0 Å². The van der Waals surface area contributed by atoms with Crippen molar-refractivity contribution < 1.29 is 14.7 Å². The predicted octanol–water partition coefficient (Wildman–Crippen LogP) is -0.465. The monoisotopic (exact) mass is 231 g/mol. The standard InChI is InChI=1S/C10H21N3O3/c11-12-16-10(15)5-7-13-6-3-1-2-4-9(13)8-14/h9,12,14H,1-8,11H2. The third-order valence-corrected chi connectivity index (χ3v) is 2.99. The first kappa shape index (κ1) is 13.4. The molecule has 1 atom stereocenters. The van der Waals surface area contributed by atoms with E-state index in [-0.39, 0.29) is 18.6 Å². The number of hydrogen-bond donors (Lipinski definition) is 3. The van der Waals surface area contributed by atoms with Crippen LogP contribution in [0.25, 0.3) is 0 Å². The number of hydrogen-bond acceptors (Lipinski definition) is 6. The van der Waals surface area contributed by atoms with Gasteiger partial charge in [-0.1, -0.05) is 18.4 Å². The fourth-order valence-corrected chi connectivity index (χ4v) is 2.09. The summed E-state index contributed by atoms with van der Waals surface area (Å²) in [4.78, 5) is 17.7. The maximum atomic E-state index is 11.1. The molecule has 1 saturated heterocycles. The van der Waals surface area contributed by atoms with E-state index in [0.717, 1.165) is 25.8 Å². The van der Waals surface area contributed by atoms with E-state index in [9.17, 15) is 9.90 Å². The average Bonchev–Trinajstić information content (AvgIpc) is 2.51. The number of aliphatic hydroxyl groups excluding tert-OH is 1. The quantitative estimate of drug-likeness (QED) is 0.438. The molecule has 94 valence electrons. The van der Waals surface area contributed by atoms with Gasteiger partial charge in [0.1, 0.15) is 0 Å². The summed E-state index contributed by atoms with van der Waals surface area (Å²) >= 11 is 0. The Balaban J connectivity index is 2.33. The van der Waals surface area contributed by atoms with Crippen molar-refractivity contribution in [1.82, 2.24) is 10.5 Å². The maximum Gasteiger partial charge on any atom is 0.327 e. The molecule has 6 nitrogen and oxygen atoms in total. The van der Waals surface area contributed by atoms with E-state index in [2.05, 4.69) is 9.74 Å². The molecular weight excluding hydrogens is 210 g/mol. The molecule has 1 heterocycles. The van der Waals surface area contributed by atoms with Gasteiger partial charge < -0.3 is 9.94 Å². The van der Waals surface area contributed by atoms with Crippen LogP contribution < -0.4 is 11.4 Å². The zero-order chi connectivity index (χ0) is 11.8. The van der Waals surface area contributed by atoms with Gasteiger partial charge in [-0.3, -0.25) is 9.69 Å². The van der Waals surface area contributed by atoms with E-state index in [1.807, 2.05) is 5.59 Å². The smallest absolute Gasteiger partial charge is 0.327 e. The second-order valence-electron chi connectivity index (χ2n) is 4.06. The summed E-state index contributed by atoms with van der Waals surface area (Å²) in [5.41, 5.74) is 1.88. The third-order valence-electron chi connectivity index (χ3n) is 2.99. The highest BCUT2D eigenvalue weighted by atomic mass is 16.7. The highest BCUT2D eigenvalue weighted by Gasteiger charge is 2.20. The van der Waals surface area contributed by atoms with Crippen LogP contribution in [0.4, 0.5) is 0 Å². The molecule has 0 aromatic heterocycles. The fraction of sp³-hybridized carbons (Fsp3) is 0.900. The first-order chi connectivity index (χ1) is 7.77. The minimum atomic E-state index is -0.372. The summed E-state index contributed by atoms with van der Waals surface area (Å²) in [5, 5.41) is 9.26. The lowest BCUT2D eigenvalue weighted by atomic mass is 10.1. The van der Waals surface area contributed by atoms with Crippen LogP contribution in [0.15, 0.2) is 0 Å². The van der Waals surface area contributed by atoms with Gasteiger partial charge in [0.15, 0.2) is 0 Å². The van der Waals surface area contributed by atoms with Gasteiger partial charge in [0.05, 0.1) is 13.0 Å². The number of nitrogens with two attached hydrogens (primary N) is 1. The highest BCUT2D eigenvalue weighted by molar-refractivity contribution is 5.69. The Bertz CT molecular complexity index is 213. The topological polar surface area (TPSA) is 87.8 Å². The fourth-order valence-electron chi connectivity index (χ4n) is 2.09. The van der Waals surface area contributed by atoms with Crippen LogP contribution in [0.3, 0.4) is 0 Å². The molecule has 0 radical (unpaired) electrons. The van der Waals surface area contributed by atoms with Crippen LogP contribution in [0.1, 0.15) is 32.1 Å². The summed E-state index contributed by atoms with van der Waals surface area (Å²) in [7, 11) is 0. The molecule has 1 rings (SSSR count). The molecule has 0 spiro atoms. The number of hydrazine groups is 1. The van der Waals surface area contributed by atoms with Gasteiger partial charge in [-0.2, -0.15) is 0 Å². The Morgan fingerprint density at radius 3 is 3.00 bits per heavy atom. The molecule has 0 saturated carbocycles. The normalized spacial score (nSPS) is 22.8. The minimum Gasteiger partial charge on any atom is -0.395 e. The number of carbonyl (C=O) groups is 1. The van der Waals surface area contributed by atoms with Crippen LogP contribution in [-0.4, -0.2) is 41.7 Å². The molecule has 16 heavy (non-hydrogen) atoms. The van der Waals surface area contributed by atoms with E-state index in [1.165, 1.54) is 6.42 Å². The molecule has 0 aromatic rings. The van der Waals surface area contributed by atoms with Gasteiger partial charge in [-0.25, -0.2) is 5.84 Å². The summed E-state index contributed by atoms with van der Waals surface area (Å²) in [5.74, 6) is 4.50. The van der Waals surface area contributed by atoms with Gasteiger partial charge >= 0.3 is 5.97 Å². The Hall–Kier alpha value is -0.690. The van der Waals surface area contributed by atoms with Crippen molar-refractivity contribution in [2.24, 2.45) is 5.84 Å². The van der Waals surface area contributed by atoms with Crippen molar-refractivity contribution in [3.05, 3.63) is 0 Å². The lowest BCUT2D eigenvalue weighted by molar-refractivity contribution is -0.151. The van der Waals surface area contributed by atoms with Crippen molar-refractivity contribution in [3.63, 3.8) is 0 Å². The van der Waals surface area contributed by atoms with E-state index in [4.69, 9.17) is 5.84 Å². The van der Waals surface area contributed by atoms with Crippen molar-refractivity contribution in [2.75, 3.05) is 19.7 Å². The summed E-state index contributed by atoms with van der Waals surface area (Å²) in [6.45, 7) is 1.71. The van der Waals surface area contributed by atoms with E-state index in [0.29, 0.717) is 13.0 Å². The molecule has 0 bridgehead atoms. The first-order valence-electron chi connectivity index (χ1n) is 5.78. The van der Waals surface area contributed by atoms with Crippen molar-refractivity contribution >= 4 is 5.97 Å². The van der Waals surface area contributed by atoms with Crippen molar-refractivity contribution in [3.8, 4) is 0 Å². The van der Waals surface area contributed by atoms with Crippen LogP contribution >= 0.6 is 0 Å². The van der Waals surface area contributed by atoms with E-state index >= 15 is 0 Å². The van der Waals surface area contributed by atoms with Gasteiger partial charge in [-0.05, 0) is 19.4 Å². The summed E-state index contributed by atoms with van der Waals surface area (Å²) in [6.07, 6.45) is 4.76. The molecule has 4 N–H and O–H groups in total. The molecule has 1 fully saturated rings. The Morgan fingerprint density at radius 1 is 1.50 bits per heavy atom. The van der Waals surface area contributed by atoms with Gasteiger partial charge in [-0.15, -0.1) is 0 Å². The Labute approximate surface area is 95.7 Å². The third kappa shape index (κ3) is 4.44. The van der Waals surface area contributed by atoms with Crippen molar-refractivity contribution in [2.45, 2.75) is 38.1 Å². The Kier molecular flexibility index (Phi) is 6.32. The van der Waals surface area contributed by atoms with Crippen LogP contribution in [-0.2, 0) is 9.63 Å².